The number of ether oxygens (including phenoxy) is 3. The number of amides is 1. The molecule has 0 spiro atoms. The highest BCUT2D eigenvalue weighted by molar-refractivity contribution is 9.10. The van der Waals surface area contributed by atoms with Crippen LogP contribution in [0.2, 0.25) is 0 Å². The van der Waals surface area contributed by atoms with Gasteiger partial charge in [0, 0.05) is 5.92 Å². The Kier molecular flexibility index (Phi) is 9.49. The van der Waals surface area contributed by atoms with Gasteiger partial charge in [0.1, 0.15) is 24.0 Å². The highest BCUT2D eigenvalue weighted by Gasteiger charge is 2.38. The monoisotopic (exact) mass is 638 g/mol. The maximum atomic E-state index is 13.0. The summed E-state index contributed by atoms with van der Waals surface area (Å²) in [6.07, 6.45) is 8.43. The summed E-state index contributed by atoms with van der Waals surface area (Å²) in [5.74, 6) is 1.89. The van der Waals surface area contributed by atoms with E-state index in [1.165, 1.54) is 41.6 Å². The van der Waals surface area contributed by atoms with E-state index in [-0.39, 0.29) is 11.4 Å². The van der Waals surface area contributed by atoms with Crippen LogP contribution in [0.15, 0.2) is 50.5 Å². The summed E-state index contributed by atoms with van der Waals surface area (Å²) >= 11 is 5.03. The van der Waals surface area contributed by atoms with Crippen LogP contribution >= 0.6 is 27.7 Å². The Bertz CT molecular complexity index is 1430. The molecule has 0 bridgehead atoms. The van der Waals surface area contributed by atoms with Gasteiger partial charge >= 0.3 is 0 Å². The molecule has 2 aromatic carbocycles. The lowest BCUT2D eigenvalue weighted by Gasteiger charge is -2.20. The molecule has 2 aliphatic heterocycles. The average Bonchev–Trinajstić information content (AvgIpc) is 3.39. The molecule has 0 saturated heterocycles. The minimum Gasteiger partial charge on any atom is -0.490 e. The van der Waals surface area contributed by atoms with Crippen molar-refractivity contribution in [2.45, 2.75) is 59.3 Å². The van der Waals surface area contributed by atoms with Gasteiger partial charge in [-0.1, -0.05) is 32.3 Å². The summed E-state index contributed by atoms with van der Waals surface area (Å²) in [6, 6.07) is 9.88. The number of benzene rings is 2. The third-order valence-corrected chi connectivity index (χ3v) is 8.84. The number of hydrazone groups is 1. The van der Waals surface area contributed by atoms with Gasteiger partial charge in [-0.3, -0.25) is 10.2 Å². The van der Waals surface area contributed by atoms with Gasteiger partial charge in [0.15, 0.2) is 17.3 Å². The van der Waals surface area contributed by atoms with E-state index >= 15 is 0 Å². The quantitative estimate of drug-likeness (QED) is 0.215. The largest absolute Gasteiger partial charge is 0.490 e. The number of thioether (sulfide) groups is 1. The van der Waals surface area contributed by atoms with Crippen molar-refractivity contribution in [3.8, 4) is 17.2 Å². The van der Waals surface area contributed by atoms with Gasteiger partial charge in [-0.2, -0.15) is 15.1 Å². The van der Waals surface area contributed by atoms with Gasteiger partial charge in [0.25, 0.3) is 5.91 Å². The Morgan fingerprint density at radius 3 is 2.61 bits per heavy atom. The summed E-state index contributed by atoms with van der Waals surface area (Å²) in [4.78, 5) is 17.2. The van der Waals surface area contributed by atoms with Crippen molar-refractivity contribution >= 4 is 55.7 Å². The number of hydrogen-bond donors (Lipinski definition) is 1. The highest BCUT2D eigenvalue weighted by Crippen LogP contribution is 2.39. The number of nitrogens with zero attached hydrogens (tertiary/aromatic N) is 3. The van der Waals surface area contributed by atoms with Gasteiger partial charge < -0.3 is 14.2 Å². The third kappa shape index (κ3) is 6.86. The first kappa shape index (κ1) is 29.4. The zero-order chi connectivity index (χ0) is 28.9. The fraction of sp³-hybridized carbons (Fsp3) is 0.419. The number of carbonyl (C=O) groups is 1. The molecule has 1 N–H and O–H groups in total. The Balaban J connectivity index is 1.30. The van der Waals surface area contributed by atoms with Crippen molar-refractivity contribution in [1.29, 1.82) is 5.41 Å². The number of fused-ring (bicyclic) bond motifs is 1. The second kappa shape index (κ2) is 13.2. The molecule has 0 aromatic heterocycles. The van der Waals surface area contributed by atoms with Crippen LogP contribution in [-0.2, 0) is 11.2 Å². The molecule has 0 unspecified atom stereocenters. The van der Waals surface area contributed by atoms with Crippen LogP contribution in [0.1, 0.15) is 62.6 Å². The molecule has 1 amide bonds. The van der Waals surface area contributed by atoms with Crippen molar-refractivity contribution < 1.29 is 19.0 Å². The number of rotatable bonds is 10. The van der Waals surface area contributed by atoms with Crippen LogP contribution in [0.3, 0.4) is 0 Å². The molecule has 5 rings (SSSR count). The number of halogens is 1. The molecule has 41 heavy (non-hydrogen) atoms. The van der Waals surface area contributed by atoms with E-state index in [1.807, 2.05) is 19.1 Å². The van der Waals surface area contributed by atoms with E-state index < -0.39 is 5.91 Å². The fourth-order valence-electron chi connectivity index (χ4n) is 5.18. The molecule has 0 radical (unpaired) electrons. The van der Waals surface area contributed by atoms with E-state index in [9.17, 15) is 4.79 Å². The van der Waals surface area contributed by atoms with Crippen molar-refractivity contribution in [1.82, 2.24) is 5.01 Å². The first-order chi connectivity index (χ1) is 19.9. The SMILES string of the molecule is CCOc1cc(/C=C2/C(=N)N3N=C(C4CCCCC4)SC3=NC2=O)cc(Br)c1OCCOc1cc(C)cc(CC)c1. The van der Waals surface area contributed by atoms with Crippen LogP contribution in [0, 0.1) is 18.3 Å². The van der Waals surface area contributed by atoms with Gasteiger partial charge in [0.05, 0.1) is 16.7 Å². The second-order valence-electron chi connectivity index (χ2n) is 10.3. The van der Waals surface area contributed by atoms with Gasteiger partial charge in [-0.05, 0) is 108 Å². The van der Waals surface area contributed by atoms with Crippen LogP contribution < -0.4 is 14.2 Å². The zero-order valence-corrected chi connectivity index (χ0v) is 26.1. The maximum absolute atomic E-state index is 13.0. The molecular formula is C31H35BrN4O4S. The molecule has 1 aliphatic carbocycles. The topological polar surface area (TPSA) is 96.6 Å². The van der Waals surface area contributed by atoms with E-state index in [0.717, 1.165) is 35.6 Å². The van der Waals surface area contributed by atoms with Crippen molar-refractivity contribution in [3.05, 3.63) is 57.1 Å². The Hall–Kier alpha value is -3.11. The molecular weight excluding hydrogens is 604 g/mol. The predicted octanol–water partition coefficient (Wildman–Crippen LogP) is 7.38. The second-order valence-corrected chi connectivity index (χ2v) is 12.1. The Labute approximate surface area is 253 Å². The number of aliphatic imine (C=N–C) groups is 1. The van der Waals surface area contributed by atoms with Crippen molar-refractivity contribution in [3.63, 3.8) is 0 Å². The van der Waals surface area contributed by atoms with Crippen LogP contribution in [-0.4, -0.2) is 46.8 Å². The summed E-state index contributed by atoms with van der Waals surface area (Å²) in [5.41, 5.74) is 3.27. The summed E-state index contributed by atoms with van der Waals surface area (Å²) in [6.45, 7) is 7.22. The molecule has 2 heterocycles. The van der Waals surface area contributed by atoms with Crippen LogP contribution in [0.4, 0.5) is 0 Å². The van der Waals surface area contributed by atoms with E-state index in [0.29, 0.717) is 52.4 Å². The number of carbonyl (C=O) groups excluding carboxylic acids is 1. The first-order valence-corrected chi connectivity index (χ1v) is 15.8. The molecule has 3 aliphatic rings. The third-order valence-electron chi connectivity index (χ3n) is 7.18. The van der Waals surface area contributed by atoms with Gasteiger partial charge in [-0.25, -0.2) is 0 Å². The smallest absolute Gasteiger partial charge is 0.283 e. The minimum atomic E-state index is -0.442. The summed E-state index contributed by atoms with van der Waals surface area (Å²) < 4.78 is 18.6. The standard InChI is InChI=1S/C31H35BrN4O4S/c1-4-20-13-19(3)14-23(15-20)39-11-12-40-27-25(32)17-21(18-26(27)38-5-2)16-24-28(33)36-31(34-29(24)37)41-30(35-36)22-9-7-6-8-10-22/h13-18,22,33H,4-12H2,1-3H3/b24-16-,33-28?. The minimum absolute atomic E-state index is 0.0345. The number of amidine groups is 2. The molecule has 8 nitrogen and oxygen atoms in total. The van der Waals surface area contributed by atoms with Crippen molar-refractivity contribution in [2.24, 2.45) is 16.0 Å². The molecule has 1 saturated carbocycles. The first-order valence-electron chi connectivity index (χ1n) is 14.2. The van der Waals surface area contributed by atoms with Crippen LogP contribution in [0.25, 0.3) is 6.08 Å². The van der Waals surface area contributed by atoms with Gasteiger partial charge in [-0.15, -0.1) is 0 Å². The Morgan fingerprint density at radius 2 is 1.85 bits per heavy atom. The number of nitrogens with one attached hydrogen (secondary N) is 1. The Morgan fingerprint density at radius 1 is 1.07 bits per heavy atom. The van der Waals surface area contributed by atoms with Crippen molar-refractivity contribution in [2.75, 3.05) is 19.8 Å². The predicted molar refractivity (Wildman–Crippen MR) is 168 cm³/mol. The summed E-state index contributed by atoms with van der Waals surface area (Å²) in [5, 5.41) is 16.4. The lowest BCUT2D eigenvalue weighted by Crippen LogP contribution is -2.35. The van der Waals surface area contributed by atoms with E-state index in [1.54, 1.807) is 12.1 Å². The van der Waals surface area contributed by atoms with Crippen LogP contribution in [0.5, 0.6) is 17.2 Å². The number of hydrogen-bond acceptors (Lipinski definition) is 7. The highest BCUT2D eigenvalue weighted by atomic mass is 79.9. The lowest BCUT2D eigenvalue weighted by molar-refractivity contribution is -0.114. The molecule has 2 aromatic rings. The number of aryl methyl sites for hydroxylation is 2. The molecule has 10 heteroatoms. The molecule has 216 valence electrons. The van der Waals surface area contributed by atoms with E-state index in [4.69, 9.17) is 24.7 Å². The summed E-state index contributed by atoms with van der Waals surface area (Å²) in [7, 11) is 0. The van der Waals surface area contributed by atoms with E-state index in [2.05, 4.69) is 46.9 Å². The average molecular weight is 640 g/mol. The normalized spacial score (nSPS) is 18.3. The maximum Gasteiger partial charge on any atom is 0.283 e. The fourth-order valence-corrected chi connectivity index (χ4v) is 6.81. The molecule has 0 atom stereocenters. The lowest BCUT2D eigenvalue weighted by atomic mass is 9.90. The molecule has 1 fully saturated rings. The zero-order valence-electron chi connectivity index (χ0n) is 23.7. The van der Waals surface area contributed by atoms with Gasteiger partial charge in [0.2, 0.25) is 5.17 Å².